The molecule has 2 rings (SSSR count). The minimum absolute atomic E-state index is 0.0725. The zero-order chi connectivity index (χ0) is 18.9. The molecule has 0 spiro atoms. The lowest BCUT2D eigenvalue weighted by molar-refractivity contribution is -0.385. The van der Waals surface area contributed by atoms with Gasteiger partial charge in [-0.2, -0.15) is 0 Å². The lowest BCUT2D eigenvalue weighted by Crippen LogP contribution is -2.23. The molecule has 2 aromatic carbocycles. The van der Waals surface area contributed by atoms with Crippen LogP contribution in [0.2, 0.25) is 0 Å². The number of amides is 1. The molecule has 0 radical (unpaired) electrons. The van der Waals surface area contributed by atoms with Gasteiger partial charge in [-0.3, -0.25) is 14.9 Å². The first-order chi connectivity index (χ1) is 12.5. The van der Waals surface area contributed by atoms with Gasteiger partial charge in [0.25, 0.3) is 5.69 Å². The average molecular weight is 356 g/mol. The molecule has 0 bridgehead atoms. The predicted molar refractivity (Wildman–Crippen MR) is 98.4 cm³/mol. The summed E-state index contributed by atoms with van der Waals surface area (Å²) < 4.78 is 10.3. The van der Waals surface area contributed by atoms with Crippen molar-refractivity contribution in [2.75, 3.05) is 20.8 Å². The number of nitrogens with one attached hydrogen (secondary N) is 1. The number of nitrogens with zero attached hydrogens (tertiary/aromatic N) is 1. The van der Waals surface area contributed by atoms with E-state index in [0.29, 0.717) is 17.7 Å². The molecular formula is C19H20N2O5. The third-order valence-electron chi connectivity index (χ3n) is 3.70. The lowest BCUT2D eigenvalue weighted by Gasteiger charge is -2.10. The van der Waals surface area contributed by atoms with E-state index in [9.17, 15) is 14.9 Å². The molecule has 0 aromatic heterocycles. The van der Waals surface area contributed by atoms with Crippen LogP contribution in [0.3, 0.4) is 0 Å². The van der Waals surface area contributed by atoms with Crippen LogP contribution in [0.25, 0.3) is 6.08 Å². The first-order valence-corrected chi connectivity index (χ1v) is 7.95. The number of nitro groups is 1. The summed E-state index contributed by atoms with van der Waals surface area (Å²) in [5.74, 6) is 0.429. The van der Waals surface area contributed by atoms with Crippen molar-refractivity contribution in [2.24, 2.45) is 0 Å². The zero-order valence-corrected chi connectivity index (χ0v) is 14.6. The maximum atomic E-state index is 11.9. The van der Waals surface area contributed by atoms with E-state index < -0.39 is 4.92 Å². The van der Waals surface area contributed by atoms with Crippen LogP contribution in [0, 0.1) is 10.1 Å². The summed E-state index contributed by atoms with van der Waals surface area (Å²) in [7, 11) is 2.88. The molecule has 7 heteroatoms. The fraction of sp³-hybridized carbons (Fsp3) is 0.211. The molecule has 0 aliphatic heterocycles. The van der Waals surface area contributed by atoms with E-state index >= 15 is 0 Å². The minimum Gasteiger partial charge on any atom is -0.493 e. The van der Waals surface area contributed by atoms with Crippen LogP contribution in [0.15, 0.2) is 48.5 Å². The van der Waals surface area contributed by atoms with E-state index in [0.717, 1.165) is 5.56 Å². The van der Waals surface area contributed by atoms with Crippen LogP contribution in [0.5, 0.6) is 11.5 Å². The molecule has 1 N–H and O–H groups in total. The monoisotopic (exact) mass is 356 g/mol. The van der Waals surface area contributed by atoms with Gasteiger partial charge in [-0.25, -0.2) is 0 Å². The molecule has 26 heavy (non-hydrogen) atoms. The summed E-state index contributed by atoms with van der Waals surface area (Å²) >= 11 is 0. The van der Waals surface area contributed by atoms with Gasteiger partial charge in [0.05, 0.1) is 25.2 Å². The zero-order valence-electron chi connectivity index (χ0n) is 14.6. The Balaban J connectivity index is 2.01. The van der Waals surface area contributed by atoms with Gasteiger partial charge in [0.2, 0.25) is 5.91 Å². The molecule has 0 fully saturated rings. The van der Waals surface area contributed by atoms with Crippen LogP contribution in [-0.2, 0) is 11.2 Å². The number of hydrogen-bond acceptors (Lipinski definition) is 5. The van der Waals surface area contributed by atoms with Gasteiger partial charge < -0.3 is 14.8 Å². The first kappa shape index (κ1) is 19.0. The molecule has 0 aliphatic carbocycles. The molecule has 0 unspecified atom stereocenters. The molecule has 0 aliphatic rings. The van der Waals surface area contributed by atoms with Crippen molar-refractivity contribution in [1.29, 1.82) is 0 Å². The molecule has 136 valence electrons. The normalized spacial score (nSPS) is 10.5. The topological polar surface area (TPSA) is 90.7 Å². The number of ether oxygens (including phenoxy) is 2. The largest absolute Gasteiger partial charge is 0.493 e. The summed E-state index contributed by atoms with van der Waals surface area (Å²) in [6.07, 6.45) is 3.42. The van der Waals surface area contributed by atoms with E-state index in [4.69, 9.17) is 9.47 Å². The molecule has 0 saturated carbocycles. The average Bonchev–Trinajstić information content (AvgIpc) is 2.66. The van der Waals surface area contributed by atoms with Crippen molar-refractivity contribution in [3.8, 4) is 11.5 Å². The highest BCUT2D eigenvalue weighted by atomic mass is 16.6. The van der Waals surface area contributed by atoms with Crippen molar-refractivity contribution < 1.29 is 19.2 Å². The van der Waals surface area contributed by atoms with Gasteiger partial charge >= 0.3 is 0 Å². The second-order valence-electron chi connectivity index (χ2n) is 5.38. The Morgan fingerprint density at radius 2 is 1.81 bits per heavy atom. The molecule has 0 atom stereocenters. The first-order valence-electron chi connectivity index (χ1n) is 7.95. The summed E-state index contributed by atoms with van der Waals surface area (Å²) in [5, 5.41) is 14.0. The van der Waals surface area contributed by atoms with Crippen molar-refractivity contribution in [3.63, 3.8) is 0 Å². The Kier molecular flexibility index (Phi) is 6.73. The fourth-order valence-corrected chi connectivity index (χ4v) is 2.40. The number of rotatable bonds is 8. The molecule has 1 amide bonds. The number of methoxy groups -OCH3 is 2. The highest BCUT2D eigenvalue weighted by molar-refractivity contribution is 5.91. The van der Waals surface area contributed by atoms with Crippen LogP contribution < -0.4 is 14.8 Å². The van der Waals surface area contributed by atoms with Crippen LogP contribution in [0.1, 0.15) is 11.1 Å². The number of nitro benzene ring substituents is 1. The molecule has 7 nitrogen and oxygen atoms in total. The Labute approximate surface area is 151 Å². The highest BCUT2D eigenvalue weighted by Gasteiger charge is 2.19. The third kappa shape index (κ3) is 5.07. The number of carbonyl (C=O) groups excluding carboxylic acids is 1. The second kappa shape index (κ2) is 9.22. The Hall–Kier alpha value is -3.35. The fourth-order valence-electron chi connectivity index (χ4n) is 2.40. The SMILES string of the molecule is COc1cc(CCNC(=O)/C=C/c2ccccc2)c([N+](=O)[O-])cc1OC. The van der Waals surface area contributed by atoms with Crippen molar-refractivity contribution in [1.82, 2.24) is 5.32 Å². The van der Waals surface area contributed by atoms with E-state index in [-0.39, 0.29) is 23.9 Å². The van der Waals surface area contributed by atoms with Gasteiger partial charge in [0.15, 0.2) is 11.5 Å². The maximum absolute atomic E-state index is 11.9. The maximum Gasteiger partial charge on any atom is 0.276 e. The van der Waals surface area contributed by atoms with Crippen LogP contribution >= 0.6 is 0 Å². The van der Waals surface area contributed by atoms with Gasteiger partial charge in [-0.1, -0.05) is 30.3 Å². The van der Waals surface area contributed by atoms with Crippen molar-refractivity contribution in [2.45, 2.75) is 6.42 Å². The Bertz CT molecular complexity index is 803. The number of carbonyl (C=O) groups is 1. The van der Waals surface area contributed by atoms with Crippen LogP contribution in [0.4, 0.5) is 5.69 Å². The molecular weight excluding hydrogens is 336 g/mol. The van der Waals surface area contributed by atoms with E-state index in [1.807, 2.05) is 30.3 Å². The van der Waals surface area contributed by atoms with Crippen molar-refractivity contribution in [3.05, 3.63) is 69.8 Å². The van der Waals surface area contributed by atoms with E-state index in [2.05, 4.69) is 5.32 Å². The summed E-state index contributed by atoms with van der Waals surface area (Å²) in [4.78, 5) is 22.7. The third-order valence-corrected chi connectivity index (χ3v) is 3.70. The summed E-state index contributed by atoms with van der Waals surface area (Å²) in [6.45, 7) is 0.258. The number of hydrogen-bond donors (Lipinski definition) is 1. The highest BCUT2D eigenvalue weighted by Crippen LogP contribution is 2.34. The quantitative estimate of drug-likeness (QED) is 0.446. The number of benzene rings is 2. The van der Waals surface area contributed by atoms with Gasteiger partial charge in [-0.15, -0.1) is 0 Å². The minimum atomic E-state index is -0.478. The second-order valence-corrected chi connectivity index (χ2v) is 5.38. The molecule has 0 saturated heterocycles. The standard InChI is InChI=1S/C19H20N2O5/c1-25-17-12-15(16(21(23)24)13-18(17)26-2)10-11-20-19(22)9-8-14-6-4-3-5-7-14/h3-9,12-13H,10-11H2,1-2H3,(H,20,22)/b9-8+. The van der Waals surface area contributed by atoms with Gasteiger partial charge in [0.1, 0.15) is 0 Å². The van der Waals surface area contributed by atoms with Gasteiger partial charge in [-0.05, 0) is 24.1 Å². The molecule has 0 heterocycles. The Morgan fingerprint density at radius 1 is 1.15 bits per heavy atom. The smallest absolute Gasteiger partial charge is 0.276 e. The summed E-state index contributed by atoms with van der Waals surface area (Å²) in [6, 6.07) is 12.3. The lowest BCUT2D eigenvalue weighted by atomic mass is 10.1. The molecule has 2 aromatic rings. The van der Waals surface area contributed by atoms with Crippen molar-refractivity contribution >= 4 is 17.7 Å². The Morgan fingerprint density at radius 3 is 2.42 bits per heavy atom. The van der Waals surface area contributed by atoms with E-state index in [1.165, 1.54) is 26.4 Å². The summed E-state index contributed by atoms with van der Waals surface area (Å²) in [5.41, 5.74) is 1.30. The van der Waals surface area contributed by atoms with Crippen LogP contribution in [-0.4, -0.2) is 31.6 Å². The van der Waals surface area contributed by atoms with Gasteiger partial charge in [0, 0.05) is 18.2 Å². The van der Waals surface area contributed by atoms with E-state index in [1.54, 1.807) is 12.1 Å². The predicted octanol–water partition coefficient (Wildman–Crippen LogP) is 2.98.